The van der Waals surface area contributed by atoms with E-state index in [1.165, 1.54) is 6.07 Å². The van der Waals surface area contributed by atoms with Gasteiger partial charge < -0.3 is 10.1 Å². The molecule has 0 bridgehead atoms. The van der Waals surface area contributed by atoms with Gasteiger partial charge >= 0.3 is 0 Å². The number of hydrogen-bond acceptors (Lipinski definition) is 5. The normalized spacial score (nSPS) is 22.0. The van der Waals surface area contributed by atoms with Crippen molar-refractivity contribution in [2.24, 2.45) is 0 Å². The highest BCUT2D eigenvalue weighted by Crippen LogP contribution is 2.28. The van der Waals surface area contributed by atoms with Crippen LogP contribution in [0.15, 0.2) is 24.3 Å². The molecule has 7 heteroatoms. The van der Waals surface area contributed by atoms with Crippen molar-refractivity contribution in [1.29, 1.82) is 0 Å². The zero-order valence-electron chi connectivity index (χ0n) is 12.9. The Bertz CT molecular complexity index is 683. The summed E-state index contributed by atoms with van der Waals surface area (Å²) in [6.45, 7) is 5.78. The Labute approximate surface area is 134 Å². The number of hydrogen-bond donors (Lipinski definition) is 1. The van der Waals surface area contributed by atoms with E-state index in [-0.39, 0.29) is 11.9 Å². The van der Waals surface area contributed by atoms with Gasteiger partial charge in [-0.05, 0) is 6.07 Å². The maximum absolute atomic E-state index is 13.9. The quantitative estimate of drug-likeness (QED) is 0.918. The Kier molecular flexibility index (Phi) is 4.07. The molecular formula is C16H20FN5O. The van der Waals surface area contributed by atoms with E-state index in [9.17, 15) is 4.39 Å². The SMILES string of the molecule is Fc1ccccc1[C@@H]1Cn2nnc(CN3CCNCC3)c2CO1. The summed E-state index contributed by atoms with van der Waals surface area (Å²) in [5, 5.41) is 11.9. The molecule has 0 spiro atoms. The summed E-state index contributed by atoms with van der Waals surface area (Å²) in [4.78, 5) is 2.37. The lowest BCUT2D eigenvalue weighted by Gasteiger charge is -2.28. The first-order chi connectivity index (χ1) is 11.3. The van der Waals surface area contributed by atoms with Crippen molar-refractivity contribution in [3.63, 3.8) is 0 Å². The van der Waals surface area contributed by atoms with Crippen molar-refractivity contribution in [1.82, 2.24) is 25.2 Å². The molecule has 2 aromatic rings. The summed E-state index contributed by atoms with van der Waals surface area (Å²) < 4.78 is 21.7. The van der Waals surface area contributed by atoms with Crippen LogP contribution in [0.5, 0.6) is 0 Å². The Balaban J connectivity index is 1.50. The smallest absolute Gasteiger partial charge is 0.129 e. The molecule has 0 saturated carbocycles. The van der Waals surface area contributed by atoms with E-state index in [1.54, 1.807) is 12.1 Å². The fourth-order valence-corrected chi connectivity index (χ4v) is 3.19. The van der Waals surface area contributed by atoms with Gasteiger partial charge in [-0.2, -0.15) is 0 Å². The van der Waals surface area contributed by atoms with Crippen molar-refractivity contribution in [3.8, 4) is 0 Å². The minimum absolute atomic E-state index is 0.234. The third-order valence-corrected chi connectivity index (χ3v) is 4.51. The molecule has 0 unspecified atom stereocenters. The number of nitrogens with one attached hydrogen (secondary N) is 1. The molecule has 0 amide bonds. The van der Waals surface area contributed by atoms with Crippen LogP contribution in [0.2, 0.25) is 0 Å². The molecule has 3 heterocycles. The lowest BCUT2D eigenvalue weighted by molar-refractivity contribution is -0.00410. The molecule has 1 fully saturated rings. The number of ether oxygens (including phenoxy) is 1. The van der Waals surface area contributed by atoms with Gasteiger partial charge in [0.2, 0.25) is 0 Å². The van der Waals surface area contributed by atoms with Gasteiger partial charge in [0.1, 0.15) is 17.6 Å². The summed E-state index contributed by atoms with van der Waals surface area (Å²) in [5.41, 5.74) is 2.56. The molecule has 122 valence electrons. The molecule has 1 N–H and O–H groups in total. The zero-order chi connectivity index (χ0) is 15.6. The highest BCUT2D eigenvalue weighted by molar-refractivity contribution is 5.21. The summed E-state index contributed by atoms with van der Waals surface area (Å²) in [5.74, 6) is -0.234. The van der Waals surface area contributed by atoms with Gasteiger partial charge in [0.05, 0.1) is 18.8 Å². The molecule has 4 rings (SSSR count). The van der Waals surface area contributed by atoms with Crippen LogP contribution in [-0.2, 0) is 24.4 Å². The Hall–Kier alpha value is -1.83. The second kappa shape index (κ2) is 6.35. The van der Waals surface area contributed by atoms with Crippen molar-refractivity contribution in [3.05, 3.63) is 47.0 Å². The first kappa shape index (κ1) is 14.7. The van der Waals surface area contributed by atoms with E-state index in [4.69, 9.17) is 4.74 Å². The van der Waals surface area contributed by atoms with Crippen molar-refractivity contribution < 1.29 is 9.13 Å². The van der Waals surface area contributed by atoms with E-state index in [0.29, 0.717) is 18.7 Å². The van der Waals surface area contributed by atoms with Gasteiger partial charge in [0.15, 0.2) is 0 Å². The first-order valence-electron chi connectivity index (χ1n) is 8.01. The molecule has 1 saturated heterocycles. The summed E-state index contributed by atoms with van der Waals surface area (Å²) in [6.07, 6.45) is -0.308. The van der Waals surface area contributed by atoms with Crippen LogP contribution in [0.4, 0.5) is 4.39 Å². The standard InChI is InChI=1S/C16H20FN5O/c17-13-4-2-1-3-12(13)16-10-22-15(11-23-16)14(19-20-22)9-21-7-5-18-6-8-21/h1-4,16,18H,5-11H2/t16-/m0/s1. The van der Waals surface area contributed by atoms with Crippen LogP contribution in [0.25, 0.3) is 0 Å². The number of piperazine rings is 1. The molecule has 6 nitrogen and oxygen atoms in total. The second-order valence-electron chi connectivity index (χ2n) is 6.01. The zero-order valence-corrected chi connectivity index (χ0v) is 12.9. The van der Waals surface area contributed by atoms with Gasteiger partial charge in [0, 0.05) is 38.3 Å². The first-order valence-corrected chi connectivity index (χ1v) is 8.01. The summed E-state index contributed by atoms with van der Waals surface area (Å²) in [7, 11) is 0. The highest BCUT2D eigenvalue weighted by Gasteiger charge is 2.27. The predicted molar refractivity (Wildman–Crippen MR) is 82.1 cm³/mol. The number of nitrogens with zero attached hydrogens (tertiary/aromatic N) is 4. The number of fused-ring (bicyclic) bond motifs is 1. The monoisotopic (exact) mass is 317 g/mol. The Morgan fingerprint density at radius 3 is 2.91 bits per heavy atom. The van der Waals surface area contributed by atoms with Gasteiger partial charge in [-0.1, -0.05) is 23.4 Å². The van der Waals surface area contributed by atoms with Crippen LogP contribution in [0, 0.1) is 5.82 Å². The van der Waals surface area contributed by atoms with E-state index in [2.05, 4.69) is 20.5 Å². The van der Waals surface area contributed by atoms with Crippen LogP contribution >= 0.6 is 0 Å². The topological polar surface area (TPSA) is 55.2 Å². The van der Waals surface area contributed by atoms with E-state index in [1.807, 2.05) is 10.7 Å². The van der Waals surface area contributed by atoms with Crippen molar-refractivity contribution in [2.75, 3.05) is 26.2 Å². The van der Waals surface area contributed by atoms with Gasteiger partial charge in [-0.3, -0.25) is 4.90 Å². The minimum atomic E-state index is -0.308. The Morgan fingerprint density at radius 2 is 2.09 bits per heavy atom. The van der Waals surface area contributed by atoms with E-state index >= 15 is 0 Å². The number of aromatic nitrogens is 3. The molecule has 2 aliphatic heterocycles. The molecule has 0 radical (unpaired) electrons. The van der Waals surface area contributed by atoms with Gasteiger partial charge in [-0.15, -0.1) is 5.10 Å². The average molecular weight is 317 g/mol. The van der Waals surface area contributed by atoms with Crippen molar-refractivity contribution >= 4 is 0 Å². The number of rotatable bonds is 3. The van der Waals surface area contributed by atoms with Crippen molar-refractivity contribution in [2.45, 2.75) is 25.8 Å². The molecule has 1 aromatic heterocycles. The fraction of sp³-hybridized carbons (Fsp3) is 0.500. The summed E-state index contributed by atoms with van der Waals surface area (Å²) >= 11 is 0. The van der Waals surface area contributed by atoms with Gasteiger partial charge in [0.25, 0.3) is 0 Å². The van der Waals surface area contributed by atoms with Crippen LogP contribution in [0.3, 0.4) is 0 Å². The maximum atomic E-state index is 13.9. The molecule has 1 aromatic carbocycles. The number of halogens is 1. The molecular weight excluding hydrogens is 297 g/mol. The second-order valence-corrected chi connectivity index (χ2v) is 6.01. The molecule has 1 atom stereocenters. The highest BCUT2D eigenvalue weighted by atomic mass is 19.1. The van der Waals surface area contributed by atoms with Crippen LogP contribution in [-0.4, -0.2) is 46.1 Å². The van der Waals surface area contributed by atoms with E-state index in [0.717, 1.165) is 44.1 Å². The Morgan fingerprint density at radius 1 is 1.26 bits per heavy atom. The average Bonchev–Trinajstić information content (AvgIpc) is 2.98. The lowest BCUT2D eigenvalue weighted by atomic mass is 10.1. The van der Waals surface area contributed by atoms with E-state index < -0.39 is 0 Å². The minimum Gasteiger partial charge on any atom is -0.365 e. The third kappa shape index (κ3) is 2.99. The lowest BCUT2D eigenvalue weighted by Crippen LogP contribution is -2.43. The third-order valence-electron chi connectivity index (χ3n) is 4.51. The largest absolute Gasteiger partial charge is 0.365 e. The number of benzene rings is 1. The summed E-state index contributed by atoms with van der Waals surface area (Å²) in [6, 6.07) is 6.75. The van der Waals surface area contributed by atoms with Gasteiger partial charge in [-0.25, -0.2) is 9.07 Å². The molecule has 0 aliphatic carbocycles. The maximum Gasteiger partial charge on any atom is 0.129 e. The predicted octanol–water partition coefficient (Wildman–Crippen LogP) is 1.09. The fourth-order valence-electron chi connectivity index (χ4n) is 3.19. The molecule has 2 aliphatic rings. The van der Waals surface area contributed by atoms with Crippen LogP contribution in [0.1, 0.15) is 23.1 Å². The molecule has 23 heavy (non-hydrogen) atoms. The van der Waals surface area contributed by atoms with Crippen LogP contribution < -0.4 is 5.32 Å².